The summed E-state index contributed by atoms with van der Waals surface area (Å²) in [5.74, 6) is -0.122. The number of nitrogens with one attached hydrogen (secondary N) is 2. The zero-order chi connectivity index (χ0) is 16.1. The molecule has 8 heteroatoms. The lowest BCUT2D eigenvalue weighted by Gasteiger charge is -2.12. The van der Waals surface area contributed by atoms with E-state index in [0.29, 0.717) is 29.2 Å². The molecule has 2 aromatic rings. The molecule has 22 heavy (non-hydrogen) atoms. The second-order valence-corrected chi connectivity index (χ2v) is 5.89. The van der Waals surface area contributed by atoms with Gasteiger partial charge in [0.2, 0.25) is 0 Å². The number of rotatable bonds is 6. The van der Waals surface area contributed by atoms with E-state index in [4.69, 9.17) is 11.6 Å². The lowest BCUT2D eigenvalue weighted by molar-refractivity contribution is -0.384. The Morgan fingerprint density at radius 3 is 2.77 bits per heavy atom. The summed E-state index contributed by atoms with van der Waals surface area (Å²) < 4.78 is 0. The van der Waals surface area contributed by atoms with E-state index in [2.05, 4.69) is 10.6 Å². The molecule has 1 aromatic heterocycles. The van der Waals surface area contributed by atoms with Crippen molar-refractivity contribution in [1.82, 2.24) is 5.32 Å². The summed E-state index contributed by atoms with van der Waals surface area (Å²) in [5.41, 5.74) is 1.28. The third-order valence-corrected chi connectivity index (χ3v) is 4.11. The first-order valence-corrected chi connectivity index (χ1v) is 7.75. The van der Waals surface area contributed by atoms with Crippen LogP contribution in [-0.4, -0.2) is 23.9 Å². The Labute approximate surface area is 136 Å². The second kappa shape index (κ2) is 7.24. The molecule has 0 aliphatic carbocycles. The first-order valence-electron chi connectivity index (χ1n) is 6.49. The van der Waals surface area contributed by atoms with Gasteiger partial charge in [-0.25, -0.2) is 0 Å². The van der Waals surface area contributed by atoms with Crippen LogP contribution in [0.25, 0.3) is 0 Å². The maximum absolute atomic E-state index is 11.7. The molecule has 6 nitrogen and oxygen atoms in total. The van der Waals surface area contributed by atoms with E-state index in [1.54, 1.807) is 13.0 Å². The Kier molecular flexibility index (Phi) is 5.35. The van der Waals surface area contributed by atoms with Crippen LogP contribution in [0.3, 0.4) is 0 Å². The van der Waals surface area contributed by atoms with Crippen LogP contribution in [0, 0.1) is 17.0 Å². The van der Waals surface area contributed by atoms with Crippen molar-refractivity contribution in [1.29, 1.82) is 0 Å². The summed E-state index contributed by atoms with van der Waals surface area (Å²) in [4.78, 5) is 22.7. The SMILES string of the molecule is Cc1cc([N+](=O)[O-])cc(Cl)c1NCCNC(=O)c1cccs1. The number of non-ortho nitro benzene ring substituents is 1. The molecule has 1 heterocycles. The van der Waals surface area contributed by atoms with E-state index in [1.165, 1.54) is 23.5 Å². The van der Waals surface area contributed by atoms with Gasteiger partial charge in [0.25, 0.3) is 11.6 Å². The van der Waals surface area contributed by atoms with Crippen molar-refractivity contribution in [2.24, 2.45) is 0 Å². The monoisotopic (exact) mass is 339 g/mol. The number of nitro groups is 1. The second-order valence-electron chi connectivity index (χ2n) is 4.54. The number of carbonyl (C=O) groups excluding carboxylic acids is 1. The molecule has 0 atom stereocenters. The summed E-state index contributed by atoms with van der Waals surface area (Å²) in [6.07, 6.45) is 0. The van der Waals surface area contributed by atoms with E-state index in [1.807, 2.05) is 11.4 Å². The molecule has 0 unspecified atom stereocenters. The summed E-state index contributed by atoms with van der Waals surface area (Å²) in [5, 5.41) is 18.7. The Morgan fingerprint density at radius 2 is 2.18 bits per heavy atom. The number of nitro benzene ring substituents is 1. The molecule has 2 N–H and O–H groups in total. The van der Waals surface area contributed by atoms with Crippen LogP contribution in [0.5, 0.6) is 0 Å². The maximum Gasteiger partial charge on any atom is 0.271 e. The molecular weight excluding hydrogens is 326 g/mol. The summed E-state index contributed by atoms with van der Waals surface area (Å²) in [6.45, 7) is 2.63. The molecule has 0 spiro atoms. The zero-order valence-electron chi connectivity index (χ0n) is 11.8. The Balaban J connectivity index is 1.89. The van der Waals surface area contributed by atoms with Crippen molar-refractivity contribution >= 4 is 40.2 Å². The van der Waals surface area contributed by atoms with Gasteiger partial charge in [-0.05, 0) is 23.9 Å². The van der Waals surface area contributed by atoms with E-state index in [0.717, 1.165) is 0 Å². The van der Waals surface area contributed by atoms with Crippen LogP contribution < -0.4 is 10.6 Å². The molecule has 0 saturated heterocycles. The molecule has 0 aliphatic rings. The number of benzene rings is 1. The fourth-order valence-corrected chi connectivity index (χ4v) is 2.88. The van der Waals surface area contributed by atoms with Gasteiger partial charge >= 0.3 is 0 Å². The number of amides is 1. The first kappa shape index (κ1) is 16.3. The van der Waals surface area contributed by atoms with Gasteiger partial charge in [0.15, 0.2) is 0 Å². The van der Waals surface area contributed by atoms with Crippen LogP contribution in [-0.2, 0) is 0 Å². The van der Waals surface area contributed by atoms with E-state index < -0.39 is 4.92 Å². The van der Waals surface area contributed by atoms with Gasteiger partial charge in [-0.15, -0.1) is 11.3 Å². The highest BCUT2D eigenvalue weighted by molar-refractivity contribution is 7.12. The van der Waals surface area contributed by atoms with Crippen molar-refractivity contribution in [2.45, 2.75) is 6.92 Å². The normalized spacial score (nSPS) is 10.3. The zero-order valence-corrected chi connectivity index (χ0v) is 13.3. The topological polar surface area (TPSA) is 84.3 Å². The highest BCUT2D eigenvalue weighted by Gasteiger charge is 2.13. The quantitative estimate of drug-likeness (QED) is 0.479. The lowest BCUT2D eigenvalue weighted by atomic mass is 10.1. The molecule has 0 fully saturated rings. The molecule has 0 saturated carbocycles. The minimum absolute atomic E-state index is 0.0425. The molecule has 1 amide bonds. The van der Waals surface area contributed by atoms with Gasteiger partial charge in [0, 0.05) is 25.2 Å². The fourth-order valence-electron chi connectivity index (χ4n) is 1.91. The summed E-state index contributed by atoms with van der Waals surface area (Å²) in [6, 6.07) is 6.34. The van der Waals surface area contributed by atoms with Crippen LogP contribution in [0.4, 0.5) is 11.4 Å². The molecule has 116 valence electrons. The molecule has 2 rings (SSSR count). The van der Waals surface area contributed by atoms with Gasteiger partial charge in [-0.1, -0.05) is 17.7 Å². The number of hydrogen-bond donors (Lipinski definition) is 2. The number of thiophene rings is 1. The van der Waals surface area contributed by atoms with E-state index >= 15 is 0 Å². The van der Waals surface area contributed by atoms with Crippen LogP contribution in [0.15, 0.2) is 29.6 Å². The Morgan fingerprint density at radius 1 is 1.41 bits per heavy atom. The predicted molar refractivity (Wildman–Crippen MR) is 88.0 cm³/mol. The van der Waals surface area contributed by atoms with Gasteiger partial charge < -0.3 is 10.6 Å². The minimum Gasteiger partial charge on any atom is -0.382 e. The smallest absolute Gasteiger partial charge is 0.271 e. The molecule has 1 aromatic carbocycles. The Hall–Kier alpha value is -2.12. The van der Waals surface area contributed by atoms with Crippen molar-refractivity contribution in [3.8, 4) is 0 Å². The van der Waals surface area contributed by atoms with E-state index in [-0.39, 0.29) is 16.6 Å². The van der Waals surface area contributed by atoms with Crippen LogP contribution in [0.1, 0.15) is 15.2 Å². The van der Waals surface area contributed by atoms with Gasteiger partial charge in [-0.3, -0.25) is 14.9 Å². The summed E-state index contributed by atoms with van der Waals surface area (Å²) >= 11 is 7.43. The van der Waals surface area contributed by atoms with Crippen molar-refractivity contribution in [2.75, 3.05) is 18.4 Å². The maximum atomic E-state index is 11.7. The highest BCUT2D eigenvalue weighted by Crippen LogP contribution is 2.30. The molecular formula is C14H14ClN3O3S. The number of halogens is 1. The number of aryl methyl sites for hydroxylation is 1. The van der Waals surface area contributed by atoms with Gasteiger partial charge in [-0.2, -0.15) is 0 Å². The number of hydrogen-bond acceptors (Lipinski definition) is 5. The third kappa shape index (κ3) is 3.96. The fraction of sp³-hybridized carbons (Fsp3) is 0.214. The average Bonchev–Trinajstić information content (AvgIpc) is 2.99. The molecule has 0 radical (unpaired) electrons. The largest absolute Gasteiger partial charge is 0.382 e. The van der Waals surface area contributed by atoms with Crippen LogP contribution >= 0.6 is 22.9 Å². The lowest BCUT2D eigenvalue weighted by Crippen LogP contribution is -2.28. The highest BCUT2D eigenvalue weighted by atomic mass is 35.5. The van der Waals surface area contributed by atoms with Crippen molar-refractivity contribution in [3.05, 3.63) is 55.2 Å². The first-order chi connectivity index (χ1) is 10.5. The third-order valence-electron chi connectivity index (χ3n) is 2.94. The number of carbonyl (C=O) groups is 1. The average molecular weight is 340 g/mol. The Bertz CT molecular complexity index is 666. The van der Waals surface area contributed by atoms with Gasteiger partial charge in [0.05, 0.1) is 20.5 Å². The standard InChI is InChI=1S/C14H14ClN3O3S/c1-9-7-10(18(20)21)8-11(15)13(9)16-4-5-17-14(19)12-3-2-6-22-12/h2-3,6-8,16H,4-5H2,1H3,(H,17,19). The minimum atomic E-state index is -0.482. The van der Waals surface area contributed by atoms with Crippen molar-refractivity contribution < 1.29 is 9.72 Å². The van der Waals surface area contributed by atoms with Gasteiger partial charge in [0.1, 0.15) is 0 Å². The van der Waals surface area contributed by atoms with Crippen LogP contribution in [0.2, 0.25) is 5.02 Å². The summed E-state index contributed by atoms with van der Waals surface area (Å²) in [7, 11) is 0. The van der Waals surface area contributed by atoms with Crippen molar-refractivity contribution in [3.63, 3.8) is 0 Å². The molecule has 0 bridgehead atoms. The van der Waals surface area contributed by atoms with E-state index in [9.17, 15) is 14.9 Å². The number of nitrogens with zero attached hydrogens (tertiary/aromatic N) is 1. The predicted octanol–water partition coefficient (Wildman–Crippen LogP) is 3.46. The molecule has 0 aliphatic heterocycles. The number of anilines is 1.